The van der Waals surface area contributed by atoms with E-state index in [1.165, 1.54) is 24.3 Å². The van der Waals surface area contributed by atoms with Crippen LogP contribution < -0.4 is 5.32 Å². The second-order valence-corrected chi connectivity index (χ2v) is 9.53. The first kappa shape index (κ1) is 18.2. The van der Waals surface area contributed by atoms with Gasteiger partial charge in [-0.2, -0.15) is 0 Å². The van der Waals surface area contributed by atoms with Crippen LogP contribution in [0.3, 0.4) is 0 Å². The molecule has 1 amide bonds. The van der Waals surface area contributed by atoms with Gasteiger partial charge in [0.2, 0.25) is 5.91 Å². The Labute approximate surface area is 151 Å². The molecule has 0 saturated heterocycles. The molecular formula is C17H20ClNO5S. The smallest absolute Gasteiger partial charge is 0.306 e. The van der Waals surface area contributed by atoms with Gasteiger partial charge in [0.1, 0.15) is 0 Å². The van der Waals surface area contributed by atoms with Crippen molar-refractivity contribution in [2.45, 2.75) is 54.2 Å². The Hall–Kier alpha value is -1.60. The van der Waals surface area contributed by atoms with Crippen LogP contribution in [0.25, 0.3) is 0 Å². The van der Waals surface area contributed by atoms with Crippen molar-refractivity contribution < 1.29 is 23.1 Å². The Morgan fingerprint density at radius 2 is 1.68 bits per heavy atom. The number of carboxylic acids is 1. The Morgan fingerprint density at radius 3 is 2.20 bits per heavy atom. The van der Waals surface area contributed by atoms with Gasteiger partial charge in [-0.05, 0) is 49.9 Å². The first-order valence-corrected chi connectivity index (χ1v) is 10.2. The average Bonchev–Trinajstić information content (AvgIpc) is 3.01. The fourth-order valence-electron chi connectivity index (χ4n) is 3.66. The number of aliphatic carboxylic acids is 1. The standard InChI is InChI=1S/C17H20ClNO5S/c18-12-3-5-14(6-4-12)25(23,24)17(7-1-2-8-17)16(22)19-13-9-11(10-13)15(20)21/h3-6,11,13H,1-2,7-10H2,(H,19,22)(H,20,21). The van der Waals surface area contributed by atoms with Crippen LogP contribution in [-0.2, 0) is 19.4 Å². The van der Waals surface area contributed by atoms with E-state index in [1.807, 2.05) is 0 Å². The Balaban J connectivity index is 1.83. The van der Waals surface area contributed by atoms with E-state index >= 15 is 0 Å². The molecule has 1 aromatic rings. The van der Waals surface area contributed by atoms with Crippen molar-refractivity contribution in [1.82, 2.24) is 5.32 Å². The van der Waals surface area contributed by atoms with Gasteiger partial charge in [-0.1, -0.05) is 24.4 Å². The number of hydrogen-bond donors (Lipinski definition) is 2. The highest BCUT2D eigenvalue weighted by atomic mass is 35.5. The molecule has 0 heterocycles. The molecule has 0 spiro atoms. The highest BCUT2D eigenvalue weighted by molar-refractivity contribution is 7.93. The zero-order valence-electron chi connectivity index (χ0n) is 13.6. The number of carbonyl (C=O) groups excluding carboxylic acids is 1. The molecular weight excluding hydrogens is 366 g/mol. The Morgan fingerprint density at radius 1 is 1.12 bits per heavy atom. The molecule has 1 aromatic carbocycles. The van der Waals surface area contributed by atoms with Crippen LogP contribution in [0.4, 0.5) is 0 Å². The molecule has 0 radical (unpaired) electrons. The number of halogens is 1. The van der Waals surface area contributed by atoms with Gasteiger partial charge in [0.15, 0.2) is 14.6 Å². The first-order valence-electron chi connectivity index (χ1n) is 8.30. The normalized spacial score (nSPS) is 25.2. The summed E-state index contributed by atoms with van der Waals surface area (Å²) in [5.41, 5.74) is 0. The van der Waals surface area contributed by atoms with E-state index < -0.39 is 32.4 Å². The molecule has 0 unspecified atom stereocenters. The van der Waals surface area contributed by atoms with Crippen molar-refractivity contribution >= 4 is 33.3 Å². The van der Waals surface area contributed by atoms with Crippen molar-refractivity contribution in [3.8, 4) is 0 Å². The minimum atomic E-state index is -3.86. The zero-order chi connectivity index (χ0) is 18.2. The number of rotatable bonds is 5. The predicted molar refractivity (Wildman–Crippen MR) is 92.1 cm³/mol. The lowest BCUT2D eigenvalue weighted by Gasteiger charge is -2.36. The minimum Gasteiger partial charge on any atom is -0.481 e. The lowest BCUT2D eigenvalue weighted by atomic mass is 9.80. The lowest BCUT2D eigenvalue weighted by molar-refractivity contribution is -0.146. The van der Waals surface area contributed by atoms with Crippen LogP contribution >= 0.6 is 11.6 Å². The lowest BCUT2D eigenvalue weighted by Crippen LogP contribution is -2.56. The van der Waals surface area contributed by atoms with Crippen molar-refractivity contribution in [1.29, 1.82) is 0 Å². The summed E-state index contributed by atoms with van der Waals surface area (Å²) < 4.78 is 24.9. The number of benzene rings is 1. The van der Waals surface area contributed by atoms with E-state index in [0.29, 0.717) is 30.7 Å². The summed E-state index contributed by atoms with van der Waals surface area (Å²) in [6, 6.07) is 5.58. The molecule has 2 fully saturated rings. The summed E-state index contributed by atoms with van der Waals surface area (Å²) in [7, 11) is -3.86. The molecule has 136 valence electrons. The van der Waals surface area contributed by atoms with Crippen molar-refractivity contribution in [3.63, 3.8) is 0 Å². The fraction of sp³-hybridized carbons (Fsp3) is 0.529. The van der Waals surface area contributed by atoms with Crippen LogP contribution in [0.15, 0.2) is 29.2 Å². The quantitative estimate of drug-likeness (QED) is 0.810. The fourth-order valence-corrected chi connectivity index (χ4v) is 5.86. The van der Waals surface area contributed by atoms with Crippen LogP contribution in [0.5, 0.6) is 0 Å². The van der Waals surface area contributed by atoms with E-state index in [1.54, 1.807) is 0 Å². The first-order chi connectivity index (χ1) is 11.8. The second-order valence-electron chi connectivity index (χ2n) is 6.84. The topological polar surface area (TPSA) is 101 Å². The molecule has 3 rings (SSSR count). The van der Waals surface area contributed by atoms with Crippen molar-refractivity contribution in [2.75, 3.05) is 0 Å². The van der Waals surface area contributed by atoms with Gasteiger partial charge in [0.25, 0.3) is 0 Å². The number of hydrogen-bond acceptors (Lipinski definition) is 4. The van der Waals surface area contributed by atoms with E-state index in [2.05, 4.69) is 5.32 Å². The molecule has 0 aromatic heterocycles. The van der Waals surface area contributed by atoms with Gasteiger partial charge in [0, 0.05) is 11.1 Å². The summed E-state index contributed by atoms with van der Waals surface area (Å²) in [6.45, 7) is 0. The zero-order valence-corrected chi connectivity index (χ0v) is 15.1. The summed E-state index contributed by atoms with van der Waals surface area (Å²) in [5, 5.41) is 12.1. The minimum absolute atomic E-state index is 0.0889. The van der Waals surface area contributed by atoms with Crippen molar-refractivity contribution in [3.05, 3.63) is 29.3 Å². The third kappa shape index (κ3) is 3.15. The molecule has 0 atom stereocenters. The number of sulfone groups is 1. The molecule has 0 aliphatic heterocycles. The summed E-state index contributed by atoms with van der Waals surface area (Å²) in [6.07, 6.45) is 2.58. The van der Waals surface area contributed by atoms with Crippen molar-refractivity contribution in [2.24, 2.45) is 5.92 Å². The molecule has 25 heavy (non-hydrogen) atoms. The Kier molecular flexibility index (Phi) is 4.81. The second kappa shape index (κ2) is 6.61. The van der Waals surface area contributed by atoms with E-state index in [0.717, 1.165) is 0 Å². The van der Waals surface area contributed by atoms with Crippen LogP contribution in [0.2, 0.25) is 5.02 Å². The third-order valence-electron chi connectivity index (χ3n) is 5.29. The number of carboxylic acid groups (broad SMARTS) is 1. The number of carbonyl (C=O) groups is 2. The highest BCUT2D eigenvalue weighted by Gasteiger charge is 2.53. The molecule has 0 bridgehead atoms. The SMILES string of the molecule is O=C(O)C1CC(NC(=O)C2(S(=O)(=O)c3ccc(Cl)cc3)CCCC2)C1. The largest absolute Gasteiger partial charge is 0.481 e. The molecule has 2 aliphatic carbocycles. The maximum Gasteiger partial charge on any atom is 0.306 e. The maximum atomic E-state index is 13.2. The van der Waals surface area contributed by atoms with Crippen LogP contribution in [0.1, 0.15) is 38.5 Å². The predicted octanol–water partition coefficient (Wildman–Crippen LogP) is 2.41. The summed E-state index contributed by atoms with van der Waals surface area (Å²) in [5.74, 6) is -1.85. The molecule has 6 nitrogen and oxygen atoms in total. The third-order valence-corrected chi connectivity index (χ3v) is 8.05. The van der Waals surface area contributed by atoms with E-state index in [-0.39, 0.29) is 23.8 Å². The van der Waals surface area contributed by atoms with Crippen LogP contribution in [0, 0.1) is 5.92 Å². The van der Waals surface area contributed by atoms with Gasteiger partial charge >= 0.3 is 5.97 Å². The average molecular weight is 386 g/mol. The van der Waals surface area contributed by atoms with Gasteiger partial charge in [0.05, 0.1) is 10.8 Å². The number of amides is 1. The van der Waals surface area contributed by atoms with E-state index in [4.69, 9.17) is 16.7 Å². The molecule has 2 aliphatic rings. The van der Waals surface area contributed by atoms with Gasteiger partial charge in [-0.3, -0.25) is 9.59 Å². The Bertz CT molecular complexity index is 778. The van der Waals surface area contributed by atoms with Gasteiger partial charge in [-0.15, -0.1) is 0 Å². The van der Waals surface area contributed by atoms with Gasteiger partial charge in [-0.25, -0.2) is 8.42 Å². The van der Waals surface area contributed by atoms with Gasteiger partial charge < -0.3 is 10.4 Å². The van der Waals surface area contributed by atoms with Crippen LogP contribution in [-0.4, -0.2) is 36.2 Å². The molecule has 2 N–H and O–H groups in total. The monoisotopic (exact) mass is 385 g/mol. The summed E-state index contributed by atoms with van der Waals surface area (Å²) >= 11 is 5.83. The highest BCUT2D eigenvalue weighted by Crippen LogP contribution is 2.41. The molecule has 2 saturated carbocycles. The van der Waals surface area contributed by atoms with E-state index in [9.17, 15) is 18.0 Å². The number of nitrogens with one attached hydrogen (secondary N) is 1. The maximum absolute atomic E-state index is 13.2. The molecule has 8 heteroatoms. The summed E-state index contributed by atoms with van der Waals surface area (Å²) in [4.78, 5) is 23.8.